The molecule has 11 heteroatoms. The molecule has 1 heterocycles. The molecular formula is C64H121NO10. The number of rotatable bonds is 55. The molecule has 1 amide bonds. The van der Waals surface area contributed by atoms with Crippen LogP contribution in [-0.4, -0.2) is 110 Å². The van der Waals surface area contributed by atoms with Gasteiger partial charge in [-0.1, -0.05) is 256 Å². The summed E-state index contributed by atoms with van der Waals surface area (Å²) in [4.78, 5) is 13.2. The molecule has 75 heavy (non-hydrogen) atoms. The summed E-state index contributed by atoms with van der Waals surface area (Å²) in [5.74, 6) is -0.717. The quantitative estimate of drug-likeness (QED) is 0.0215. The zero-order chi connectivity index (χ0) is 54.7. The summed E-state index contributed by atoms with van der Waals surface area (Å²) in [5.41, 5.74) is 0. The van der Waals surface area contributed by atoms with E-state index in [0.29, 0.717) is 19.3 Å². The van der Waals surface area contributed by atoms with E-state index in [2.05, 4.69) is 55.6 Å². The first-order valence-electron chi connectivity index (χ1n) is 31.9. The van der Waals surface area contributed by atoms with Crippen molar-refractivity contribution in [3.8, 4) is 0 Å². The van der Waals surface area contributed by atoms with Gasteiger partial charge in [-0.15, -0.1) is 0 Å². The molecular weight excluding hydrogens is 943 g/mol. The van der Waals surface area contributed by atoms with Gasteiger partial charge in [-0.05, 0) is 77.0 Å². The zero-order valence-corrected chi connectivity index (χ0v) is 48.5. The van der Waals surface area contributed by atoms with E-state index in [1.165, 1.54) is 199 Å². The van der Waals surface area contributed by atoms with Crippen LogP contribution in [0.15, 0.2) is 36.5 Å². The van der Waals surface area contributed by atoms with Crippen molar-refractivity contribution < 1.29 is 50.0 Å². The molecule has 0 aromatic carbocycles. The highest BCUT2D eigenvalue weighted by Crippen LogP contribution is 2.23. The second-order valence-corrected chi connectivity index (χ2v) is 22.5. The number of hydrogen-bond acceptors (Lipinski definition) is 10. The van der Waals surface area contributed by atoms with Crippen LogP contribution in [0.5, 0.6) is 0 Å². The van der Waals surface area contributed by atoms with Crippen LogP contribution in [0.1, 0.15) is 296 Å². The van der Waals surface area contributed by atoms with Crippen molar-refractivity contribution in [1.29, 1.82) is 0 Å². The van der Waals surface area contributed by atoms with Crippen LogP contribution in [0.4, 0.5) is 0 Å². The van der Waals surface area contributed by atoms with Crippen molar-refractivity contribution in [2.75, 3.05) is 13.2 Å². The topological polar surface area (TPSA) is 189 Å². The highest BCUT2D eigenvalue weighted by molar-refractivity contribution is 5.80. The third-order valence-electron chi connectivity index (χ3n) is 15.4. The Bertz CT molecular complexity index is 1310. The number of aliphatic hydroxyl groups is 7. The molecule has 0 bridgehead atoms. The summed E-state index contributed by atoms with van der Waals surface area (Å²) in [6, 6.07) is -1.20. The SMILES string of the molecule is CCCCCCCCCCC/C=C\CCCCCCC(O)C(=O)NC(COC1OC(CO)C(O)C(O)C1O)C(O)C(O)CCC/C=C/CC/C=C/CCCCCCCCCCCCCCCCCCCCCCCC. The van der Waals surface area contributed by atoms with Crippen LogP contribution < -0.4 is 5.32 Å². The Labute approximate surface area is 460 Å². The molecule has 8 N–H and O–H groups in total. The van der Waals surface area contributed by atoms with E-state index in [9.17, 15) is 40.5 Å². The second-order valence-electron chi connectivity index (χ2n) is 22.5. The van der Waals surface area contributed by atoms with Gasteiger partial charge in [-0.25, -0.2) is 0 Å². The Morgan fingerprint density at radius 2 is 0.800 bits per heavy atom. The van der Waals surface area contributed by atoms with E-state index >= 15 is 0 Å². The van der Waals surface area contributed by atoms with Crippen LogP contribution in [0.2, 0.25) is 0 Å². The highest BCUT2D eigenvalue weighted by Gasteiger charge is 2.44. The number of aliphatic hydroxyl groups excluding tert-OH is 7. The normalized spacial score (nSPS) is 19.9. The lowest BCUT2D eigenvalue weighted by Gasteiger charge is -2.40. The van der Waals surface area contributed by atoms with Crippen molar-refractivity contribution in [1.82, 2.24) is 5.32 Å². The number of nitrogens with one attached hydrogen (secondary N) is 1. The van der Waals surface area contributed by atoms with Crippen molar-refractivity contribution in [3.05, 3.63) is 36.5 Å². The minimum absolute atomic E-state index is 0.237. The molecule has 1 saturated heterocycles. The molecule has 0 aromatic heterocycles. The van der Waals surface area contributed by atoms with Gasteiger partial charge in [0.05, 0.1) is 25.4 Å². The fourth-order valence-corrected chi connectivity index (χ4v) is 10.2. The van der Waals surface area contributed by atoms with Crippen LogP contribution in [0.3, 0.4) is 0 Å². The van der Waals surface area contributed by atoms with Gasteiger partial charge in [-0.2, -0.15) is 0 Å². The minimum Gasteiger partial charge on any atom is -0.394 e. The van der Waals surface area contributed by atoms with Gasteiger partial charge in [0.1, 0.15) is 36.6 Å². The maximum Gasteiger partial charge on any atom is 0.249 e. The molecule has 0 aromatic rings. The fraction of sp³-hybridized carbons (Fsp3) is 0.891. The largest absolute Gasteiger partial charge is 0.394 e. The molecule has 0 saturated carbocycles. The Hall–Kier alpha value is -1.67. The maximum atomic E-state index is 13.2. The molecule has 442 valence electrons. The Balaban J connectivity index is 2.26. The van der Waals surface area contributed by atoms with E-state index < -0.39 is 74.2 Å². The molecule has 9 unspecified atom stereocenters. The fourth-order valence-electron chi connectivity index (χ4n) is 10.2. The summed E-state index contributed by atoms with van der Waals surface area (Å²) in [6.07, 6.45) is 55.1. The number of allylic oxidation sites excluding steroid dienone is 6. The van der Waals surface area contributed by atoms with Gasteiger partial charge < -0.3 is 50.5 Å². The minimum atomic E-state index is -1.67. The zero-order valence-electron chi connectivity index (χ0n) is 48.5. The first-order chi connectivity index (χ1) is 36.7. The standard InChI is InChI=1S/C64H121NO10/c1-3-5-7-9-11-13-15-17-19-21-22-23-24-25-26-27-28-29-30-31-32-33-34-36-37-39-41-43-45-47-49-51-56(67)59(69)55(54-74-64-62(72)61(71)60(70)58(53-66)75-64)65-63(73)57(68)52-50-48-46-44-42-40-38-35-20-18-16-14-12-10-8-6-4-2/h36-38,40,43,45,55-62,64,66-72H,3-35,39,41-42,44,46-54H2,1-2H3,(H,65,73)/b37-36+,40-38-,45-43+. The molecule has 1 aliphatic heterocycles. The lowest BCUT2D eigenvalue weighted by molar-refractivity contribution is -0.303. The van der Waals surface area contributed by atoms with Gasteiger partial charge in [0.25, 0.3) is 0 Å². The average Bonchev–Trinajstić information content (AvgIpc) is 3.41. The van der Waals surface area contributed by atoms with Gasteiger partial charge >= 0.3 is 0 Å². The lowest BCUT2D eigenvalue weighted by Crippen LogP contribution is -2.60. The van der Waals surface area contributed by atoms with Crippen LogP contribution >= 0.6 is 0 Å². The van der Waals surface area contributed by atoms with Crippen molar-refractivity contribution in [2.24, 2.45) is 0 Å². The number of amides is 1. The number of carbonyl (C=O) groups is 1. The summed E-state index contributed by atoms with van der Waals surface area (Å²) in [6.45, 7) is 3.46. The predicted molar refractivity (Wildman–Crippen MR) is 312 cm³/mol. The van der Waals surface area contributed by atoms with Crippen molar-refractivity contribution in [3.63, 3.8) is 0 Å². The molecule has 0 spiro atoms. The van der Waals surface area contributed by atoms with Crippen molar-refractivity contribution in [2.45, 2.75) is 351 Å². The number of ether oxygens (including phenoxy) is 2. The maximum absolute atomic E-state index is 13.2. The van der Waals surface area contributed by atoms with Crippen LogP contribution in [0.25, 0.3) is 0 Å². The highest BCUT2D eigenvalue weighted by atomic mass is 16.7. The molecule has 0 aliphatic carbocycles. The summed E-state index contributed by atoms with van der Waals surface area (Å²) in [5, 5.41) is 76.2. The van der Waals surface area contributed by atoms with Crippen LogP contribution in [-0.2, 0) is 14.3 Å². The summed E-state index contributed by atoms with van der Waals surface area (Å²) in [7, 11) is 0. The number of carbonyl (C=O) groups excluding carboxylic acids is 1. The molecule has 1 fully saturated rings. The van der Waals surface area contributed by atoms with Gasteiger partial charge in [0.15, 0.2) is 6.29 Å². The number of hydrogen-bond donors (Lipinski definition) is 8. The van der Waals surface area contributed by atoms with E-state index in [4.69, 9.17) is 9.47 Å². The van der Waals surface area contributed by atoms with Gasteiger partial charge in [-0.3, -0.25) is 4.79 Å². The van der Waals surface area contributed by atoms with E-state index in [1.54, 1.807) is 0 Å². The first kappa shape index (κ1) is 71.3. The molecule has 1 rings (SSSR count). The Morgan fingerprint density at radius 1 is 0.453 bits per heavy atom. The second kappa shape index (κ2) is 53.0. The van der Waals surface area contributed by atoms with E-state index in [-0.39, 0.29) is 12.8 Å². The summed E-state index contributed by atoms with van der Waals surface area (Å²) >= 11 is 0. The Kier molecular flexibility index (Phi) is 50.4. The molecule has 0 radical (unpaired) electrons. The molecule has 11 nitrogen and oxygen atoms in total. The predicted octanol–water partition coefficient (Wildman–Crippen LogP) is 14.2. The average molecular weight is 1060 g/mol. The van der Waals surface area contributed by atoms with Gasteiger partial charge in [0.2, 0.25) is 5.91 Å². The third kappa shape index (κ3) is 41.1. The smallest absolute Gasteiger partial charge is 0.249 e. The van der Waals surface area contributed by atoms with E-state index in [0.717, 1.165) is 51.4 Å². The van der Waals surface area contributed by atoms with E-state index in [1.807, 2.05) is 0 Å². The van der Waals surface area contributed by atoms with Gasteiger partial charge in [0, 0.05) is 0 Å². The lowest BCUT2D eigenvalue weighted by atomic mass is 9.98. The monoisotopic (exact) mass is 1060 g/mol. The number of unbranched alkanes of at least 4 members (excludes halogenated alkanes) is 37. The molecule has 1 aliphatic rings. The molecule has 9 atom stereocenters. The Morgan fingerprint density at radius 3 is 1.19 bits per heavy atom. The summed E-state index contributed by atoms with van der Waals surface area (Å²) < 4.78 is 11.1. The first-order valence-corrected chi connectivity index (χ1v) is 31.9. The van der Waals surface area contributed by atoms with Crippen molar-refractivity contribution >= 4 is 5.91 Å². The van der Waals surface area contributed by atoms with Crippen LogP contribution in [0, 0.1) is 0 Å². The third-order valence-corrected chi connectivity index (χ3v) is 15.4.